The number of carbonyl (C=O) groups excluding carboxylic acids is 2. The molecule has 3 rings (SSSR count). The van der Waals surface area contributed by atoms with Gasteiger partial charge in [-0.15, -0.1) is 0 Å². The van der Waals surface area contributed by atoms with Crippen molar-refractivity contribution < 1.29 is 32.6 Å². The third kappa shape index (κ3) is 6.43. The number of benzene rings is 2. The quantitative estimate of drug-likeness (QED) is 0.337. The summed E-state index contributed by atoms with van der Waals surface area (Å²) in [5.41, 5.74) is 2.01. The Morgan fingerprint density at radius 1 is 1.23 bits per heavy atom. The third-order valence-electron chi connectivity index (χ3n) is 5.03. The van der Waals surface area contributed by atoms with E-state index < -0.39 is 34.6 Å². The van der Waals surface area contributed by atoms with Crippen molar-refractivity contribution in [2.45, 2.75) is 50.8 Å². The van der Waals surface area contributed by atoms with E-state index in [4.69, 9.17) is 9.84 Å². The highest BCUT2D eigenvalue weighted by atomic mass is 32.2. The van der Waals surface area contributed by atoms with Crippen LogP contribution in [-0.4, -0.2) is 53.4 Å². The molecule has 11 nitrogen and oxygen atoms in total. The van der Waals surface area contributed by atoms with E-state index in [0.717, 1.165) is 16.9 Å². The number of anilines is 1. The van der Waals surface area contributed by atoms with Crippen molar-refractivity contribution in [3.63, 3.8) is 0 Å². The molecule has 1 unspecified atom stereocenters. The Hall–Kier alpha value is -3.77. The second-order valence-electron chi connectivity index (χ2n) is 7.99. The number of aliphatic carboxylic acids is 1. The molecule has 12 heteroatoms. The molecule has 35 heavy (non-hydrogen) atoms. The highest BCUT2D eigenvalue weighted by Crippen LogP contribution is 2.29. The van der Waals surface area contributed by atoms with Crippen molar-refractivity contribution in [3.8, 4) is 5.75 Å². The molecule has 0 radical (unpaired) electrons. The highest BCUT2D eigenvalue weighted by molar-refractivity contribution is 7.89. The van der Waals surface area contributed by atoms with Gasteiger partial charge in [0.2, 0.25) is 15.9 Å². The molecule has 0 aliphatic rings. The Kier molecular flexibility index (Phi) is 7.87. The second-order valence-corrected chi connectivity index (χ2v) is 9.67. The molecule has 1 aromatic heterocycles. The van der Waals surface area contributed by atoms with Gasteiger partial charge in [0.15, 0.2) is 0 Å². The topological polar surface area (TPSA) is 157 Å². The molecule has 1 heterocycles. The number of para-hydroxylation sites is 2. The number of carboxylic acids is 1. The smallest absolute Gasteiger partial charge is 0.305 e. The molecule has 2 atom stereocenters. The van der Waals surface area contributed by atoms with Crippen LogP contribution >= 0.6 is 0 Å². The van der Waals surface area contributed by atoms with Gasteiger partial charge in [0.1, 0.15) is 28.9 Å². The van der Waals surface area contributed by atoms with Crippen molar-refractivity contribution in [2.75, 3.05) is 5.32 Å². The summed E-state index contributed by atoms with van der Waals surface area (Å²) in [6.07, 6.45) is -1.03. The minimum absolute atomic E-state index is 0.0710. The first-order chi connectivity index (χ1) is 16.5. The predicted octanol–water partition coefficient (Wildman–Crippen LogP) is 2.09. The standard InChI is InChI=1S/C23H26N4O7S/c1-14(12-27-15(2)24-19-6-4-5-7-20(19)27)34-21-10-17(25-16(3)29)8-9-22(21)35(32,33)26-18(13-28)11-23(30)31/h4-10,13-14,18,26H,11-12H2,1-3H3,(H,25,29)(H,30,31)/t14-,18?/m1/s1. The number of fused-ring (bicyclic) bond motifs is 1. The zero-order valence-electron chi connectivity index (χ0n) is 19.4. The lowest BCUT2D eigenvalue weighted by Crippen LogP contribution is -2.37. The lowest BCUT2D eigenvalue weighted by atomic mass is 10.2. The Balaban J connectivity index is 1.93. The van der Waals surface area contributed by atoms with Crippen molar-refractivity contribution in [2.24, 2.45) is 0 Å². The summed E-state index contributed by atoms with van der Waals surface area (Å²) >= 11 is 0. The molecule has 0 bridgehead atoms. The van der Waals surface area contributed by atoms with Crippen LogP contribution in [0.4, 0.5) is 5.69 Å². The summed E-state index contributed by atoms with van der Waals surface area (Å²) in [5, 5.41) is 11.5. The van der Waals surface area contributed by atoms with E-state index in [9.17, 15) is 22.8 Å². The minimum Gasteiger partial charge on any atom is -0.487 e. The normalized spacial score (nSPS) is 13.2. The molecule has 0 fully saturated rings. The highest BCUT2D eigenvalue weighted by Gasteiger charge is 2.26. The van der Waals surface area contributed by atoms with Gasteiger partial charge in [-0.25, -0.2) is 18.1 Å². The van der Waals surface area contributed by atoms with Gasteiger partial charge in [0.25, 0.3) is 0 Å². The summed E-state index contributed by atoms with van der Waals surface area (Å²) in [6, 6.07) is 10.1. The van der Waals surface area contributed by atoms with Gasteiger partial charge >= 0.3 is 5.97 Å². The number of aromatic nitrogens is 2. The van der Waals surface area contributed by atoms with Crippen LogP contribution in [0.2, 0.25) is 0 Å². The maximum absolute atomic E-state index is 13.0. The molecule has 3 N–H and O–H groups in total. The van der Waals surface area contributed by atoms with Crippen LogP contribution in [0.3, 0.4) is 0 Å². The molecular formula is C23H26N4O7S. The Morgan fingerprint density at radius 2 is 1.94 bits per heavy atom. The Labute approximate surface area is 202 Å². The minimum atomic E-state index is -4.35. The van der Waals surface area contributed by atoms with Crippen LogP contribution in [0.15, 0.2) is 47.4 Å². The Bertz CT molecular complexity index is 1370. The van der Waals surface area contributed by atoms with Crippen LogP contribution in [0.25, 0.3) is 11.0 Å². The number of aryl methyl sites for hydroxylation is 1. The molecule has 0 saturated carbocycles. The number of hydrogen-bond acceptors (Lipinski definition) is 7. The average Bonchev–Trinajstić information content (AvgIpc) is 3.07. The number of carbonyl (C=O) groups is 3. The van der Waals surface area contributed by atoms with Gasteiger partial charge in [-0.05, 0) is 38.1 Å². The zero-order valence-corrected chi connectivity index (χ0v) is 20.2. The molecule has 1 amide bonds. The fraction of sp³-hybridized carbons (Fsp3) is 0.304. The first kappa shape index (κ1) is 25.8. The van der Waals surface area contributed by atoms with E-state index in [0.29, 0.717) is 12.2 Å². The third-order valence-corrected chi connectivity index (χ3v) is 6.56. The summed E-state index contributed by atoms with van der Waals surface area (Å²) in [7, 11) is -4.35. The first-order valence-electron chi connectivity index (χ1n) is 10.7. The average molecular weight is 503 g/mol. The molecule has 0 spiro atoms. The van der Waals surface area contributed by atoms with Crippen molar-refractivity contribution in [1.29, 1.82) is 0 Å². The number of hydrogen-bond donors (Lipinski definition) is 3. The first-order valence-corrected chi connectivity index (χ1v) is 12.2. The van der Waals surface area contributed by atoms with Gasteiger partial charge < -0.3 is 24.5 Å². The second kappa shape index (κ2) is 10.7. The molecule has 0 saturated heterocycles. The van der Waals surface area contributed by atoms with E-state index in [1.807, 2.05) is 35.8 Å². The number of nitrogens with zero attached hydrogens (tertiary/aromatic N) is 2. The lowest BCUT2D eigenvalue weighted by Gasteiger charge is -2.21. The molecule has 0 aliphatic heterocycles. The van der Waals surface area contributed by atoms with Crippen molar-refractivity contribution in [3.05, 3.63) is 48.3 Å². The molecule has 3 aromatic rings. The van der Waals surface area contributed by atoms with Crippen LogP contribution in [0.5, 0.6) is 5.75 Å². The van der Waals surface area contributed by atoms with E-state index in [1.54, 1.807) is 6.92 Å². The van der Waals surface area contributed by atoms with Crippen LogP contribution in [-0.2, 0) is 31.0 Å². The van der Waals surface area contributed by atoms with Gasteiger partial charge in [-0.2, -0.15) is 0 Å². The fourth-order valence-electron chi connectivity index (χ4n) is 3.61. The number of imidazole rings is 1. The monoisotopic (exact) mass is 502 g/mol. The SMILES string of the molecule is CC(=O)Nc1ccc(S(=O)(=O)NC(C=O)CC(=O)O)c(O[C@H](C)Cn2c(C)nc3ccccc32)c1. The van der Waals surface area contributed by atoms with Gasteiger partial charge in [0, 0.05) is 18.7 Å². The van der Waals surface area contributed by atoms with Crippen molar-refractivity contribution >= 4 is 44.9 Å². The summed E-state index contributed by atoms with van der Waals surface area (Å²) in [5.74, 6) is -1.01. The summed E-state index contributed by atoms with van der Waals surface area (Å²) in [6.45, 7) is 5.26. The van der Waals surface area contributed by atoms with Gasteiger partial charge in [-0.3, -0.25) is 9.59 Å². The van der Waals surface area contributed by atoms with Crippen LogP contribution in [0.1, 0.15) is 26.1 Å². The summed E-state index contributed by atoms with van der Waals surface area (Å²) < 4.78 is 36.1. The largest absolute Gasteiger partial charge is 0.487 e. The molecule has 186 valence electrons. The number of aldehydes is 1. The number of carboxylic acid groups (broad SMARTS) is 1. The van der Waals surface area contributed by atoms with Crippen molar-refractivity contribution in [1.82, 2.24) is 14.3 Å². The molecule has 2 aromatic carbocycles. The van der Waals surface area contributed by atoms with E-state index in [2.05, 4.69) is 15.0 Å². The zero-order chi connectivity index (χ0) is 25.8. The maximum atomic E-state index is 13.0. The van der Waals surface area contributed by atoms with Gasteiger partial charge in [0.05, 0.1) is 30.0 Å². The van der Waals surface area contributed by atoms with Crippen LogP contribution < -0.4 is 14.8 Å². The van der Waals surface area contributed by atoms with Gasteiger partial charge in [-0.1, -0.05) is 12.1 Å². The number of ether oxygens (including phenoxy) is 1. The number of nitrogens with one attached hydrogen (secondary N) is 2. The molecule has 0 aliphatic carbocycles. The van der Waals surface area contributed by atoms with Crippen LogP contribution in [0, 0.1) is 6.92 Å². The number of amides is 1. The fourth-order valence-corrected chi connectivity index (χ4v) is 4.89. The predicted molar refractivity (Wildman–Crippen MR) is 128 cm³/mol. The van der Waals surface area contributed by atoms with E-state index >= 15 is 0 Å². The Morgan fingerprint density at radius 3 is 2.60 bits per heavy atom. The molecular weight excluding hydrogens is 476 g/mol. The van der Waals surface area contributed by atoms with E-state index in [1.165, 1.54) is 25.1 Å². The number of rotatable bonds is 11. The number of sulfonamides is 1. The summed E-state index contributed by atoms with van der Waals surface area (Å²) in [4.78, 5) is 37.9. The maximum Gasteiger partial charge on any atom is 0.305 e. The lowest BCUT2D eigenvalue weighted by molar-refractivity contribution is -0.138. The van der Waals surface area contributed by atoms with E-state index in [-0.39, 0.29) is 22.8 Å².